The van der Waals surface area contributed by atoms with Gasteiger partial charge >= 0.3 is 0 Å². The topological polar surface area (TPSA) is 56.6 Å². The van der Waals surface area contributed by atoms with Crippen LogP contribution in [-0.2, 0) is 13.1 Å². The molecule has 0 unspecified atom stereocenters. The Morgan fingerprint density at radius 1 is 1.03 bits per heavy atom. The van der Waals surface area contributed by atoms with Crippen molar-refractivity contribution in [2.45, 2.75) is 13.1 Å². The van der Waals surface area contributed by atoms with Gasteiger partial charge in [0.15, 0.2) is 11.5 Å². The first kappa shape index (κ1) is 21.6. The Balaban J connectivity index is 1.64. The van der Waals surface area contributed by atoms with Gasteiger partial charge in [-0.2, -0.15) is 5.10 Å². The highest BCUT2D eigenvalue weighted by atomic mass is 32.1. The van der Waals surface area contributed by atoms with Gasteiger partial charge in [-0.05, 0) is 23.1 Å². The molecule has 0 N–H and O–H groups in total. The molecule has 0 aliphatic carbocycles. The van der Waals surface area contributed by atoms with Crippen LogP contribution in [-0.4, -0.2) is 41.9 Å². The van der Waals surface area contributed by atoms with Crippen LogP contribution >= 0.6 is 11.3 Å². The van der Waals surface area contributed by atoms with Crippen LogP contribution in [0.2, 0.25) is 0 Å². The van der Waals surface area contributed by atoms with Crippen LogP contribution < -0.4 is 9.47 Å². The van der Waals surface area contributed by atoms with Crippen molar-refractivity contribution >= 4 is 17.2 Å². The molecular weight excluding hydrogens is 422 g/mol. The number of thiophene rings is 1. The van der Waals surface area contributed by atoms with Crippen molar-refractivity contribution in [3.05, 3.63) is 88.9 Å². The molecular formula is C25H25N3O3S. The maximum absolute atomic E-state index is 13.5. The number of para-hydroxylation sites is 1. The molecule has 2 aromatic heterocycles. The van der Waals surface area contributed by atoms with Crippen LogP contribution in [0.5, 0.6) is 11.5 Å². The molecule has 2 heterocycles. The molecule has 0 saturated heterocycles. The van der Waals surface area contributed by atoms with Gasteiger partial charge in [0.1, 0.15) is 5.69 Å². The van der Waals surface area contributed by atoms with Gasteiger partial charge < -0.3 is 14.4 Å². The number of carbonyl (C=O) groups is 1. The molecule has 0 atom stereocenters. The van der Waals surface area contributed by atoms with E-state index in [1.54, 1.807) is 37.5 Å². The maximum atomic E-state index is 13.5. The Hall–Kier alpha value is -3.58. The molecule has 32 heavy (non-hydrogen) atoms. The second kappa shape index (κ2) is 9.70. The number of methoxy groups -OCH3 is 2. The molecule has 7 heteroatoms. The lowest BCUT2D eigenvalue weighted by molar-refractivity contribution is 0.0784. The Labute approximate surface area is 191 Å². The number of aromatic nitrogens is 2. The molecule has 0 saturated carbocycles. The van der Waals surface area contributed by atoms with Gasteiger partial charge in [-0.1, -0.05) is 48.5 Å². The number of ether oxygens (including phenoxy) is 2. The van der Waals surface area contributed by atoms with Crippen molar-refractivity contribution < 1.29 is 14.3 Å². The Bertz CT molecular complexity index is 1190. The van der Waals surface area contributed by atoms with E-state index in [4.69, 9.17) is 14.6 Å². The average Bonchev–Trinajstić information content (AvgIpc) is 3.49. The van der Waals surface area contributed by atoms with E-state index in [1.165, 1.54) is 0 Å². The lowest BCUT2D eigenvalue weighted by Gasteiger charge is -2.19. The third-order valence-corrected chi connectivity index (χ3v) is 6.05. The quantitative estimate of drug-likeness (QED) is 0.384. The molecule has 4 rings (SSSR count). The molecule has 1 amide bonds. The highest BCUT2D eigenvalue weighted by Crippen LogP contribution is 2.32. The fourth-order valence-corrected chi connectivity index (χ4v) is 4.36. The van der Waals surface area contributed by atoms with E-state index in [0.717, 1.165) is 16.0 Å². The fourth-order valence-electron chi connectivity index (χ4n) is 3.64. The summed E-state index contributed by atoms with van der Waals surface area (Å²) < 4.78 is 12.8. The predicted molar refractivity (Wildman–Crippen MR) is 126 cm³/mol. The molecule has 6 nitrogen and oxygen atoms in total. The predicted octanol–water partition coefficient (Wildman–Crippen LogP) is 4.95. The number of carbonyl (C=O) groups excluding carboxylic acids is 1. The molecule has 4 aromatic rings. The van der Waals surface area contributed by atoms with Gasteiger partial charge in [0.2, 0.25) is 0 Å². The third kappa shape index (κ3) is 4.53. The summed E-state index contributed by atoms with van der Waals surface area (Å²) in [6, 6.07) is 19.7. The van der Waals surface area contributed by atoms with E-state index >= 15 is 0 Å². The van der Waals surface area contributed by atoms with E-state index in [0.29, 0.717) is 35.8 Å². The van der Waals surface area contributed by atoms with Gasteiger partial charge in [-0.25, -0.2) is 0 Å². The summed E-state index contributed by atoms with van der Waals surface area (Å²) >= 11 is 1.57. The number of hydrogen-bond donors (Lipinski definition) is 0. The summed E-state index contributed by atoms with van der Waals surface area (Å²) in [7, 11) is 4.99. The summed E-state index contributed by atoms with van der Waals surface area (Å²) in [6.07, 6.45) is 1.84. The summed E-state index contributed by atoms with van der Waals surface area (Å²) in [5.41, 5.74) is 3.27. The lowest BCUT2D eigenvalue weighted by Crippen LogP contribution is -2.26. The summed E-state index contributed by atoms with van der Waals surface area (Å²) in [6.45, 7) is 0.979. The Morgan fingerprint density at radius 2 is 1.84 bits per heavy atom. The number of rotatable bonds is 8. The van der Waals surface area contributed by atoms with E-state index in [9.17, 15) is 4.79 Å². The zero-order chi connectivity index (χ0) is 22.5. The zero-order valence-corrected chi connectivity index (χ0v) is 19.1. The van der Waals surface area contributed by atoms with Crippen LogP contribution in [0, 0.1) is 0 Å². The first-order chi connectivity index (χ1) is 15.6. The molecule has 164 valence electrons. The Kier molecular flexibility index (Phi) is 6.56. The minimum atomic E-state index is -0.0995. The molecule has 0 radical (unpaired) electrons. The first-order valence-electron chi connectivity index (χ1n) is 10.2. The van der Waals surface area contributed by atoms with Gasteiger partial charge in [0.05, 0.1) is 31.2 Å². The summed E-state index contributed by atoms with van der Waals surface area (Å²) in [5, 5.41) is 6.75. The highest BCUT2D eigenvalue weighted by molar-refractivity contribution is 7.13. The third-order valence-electron chi connectivity index (χ3n) is 5.17. The lowest BCUT2D eigenvalue weighted by atomic mass is 10.1. The smallest absolute Gasteiger partial charge is 0.257 e. The van der Waals surface area contributed by atoms with Crippen molar-refractivity contribution in [2.75, 3.05) is 21.3 Å². The van der Waals surface area contributed by atoms with Crippen molar-refractivity contribution in [1.29, 1.82) is 0 Å². The molecule has 0 bridgehead atoms. The Morgan fingerprint density at radius 3 is 2.53 bits per heavy atom. The van der Waals surface area contributed by atoms with Gasteiger partial charge in [0, 0.05) is 25.4 Å². The van der Waals surface area contributed by atoms with Crippen molar-refractivity contribution in [3.8, 4) is 22.1 Å². The van der Waals surface area contributed by atoms with Crippen molar-refractivity contribution in [1.82, 2.24) is 14.7 Å². The minimum Gasteiger partial charge on any atom is -0.493 e. The van der Waals surface area contributed by atoms with Crippen LogP contribution in [0.4, 0.5) is 0 Å². The monoisotopic (exact) mass is 447 g/mol. The largest absolute Gasteiger partial charge is 0.493 e. The van der Waals surface area contributed by atoms with E-state index in [2.05, 4.69) is 12.1 Å². The normalized spacial score (nSPS) is 10.7. The van der Waals surface area contributed by atoms with Crippen LogP contribution in [0.3, 0.4) is 0 Å². The van der Waals surface area contributed by atoms with Gasteiger partial charge in [0.25, 0.3) is 5.91 Å². The van der Waals surface area contributed by atoms with Crippen molar-refractivity contribution in [2.24, 2.45) is 0 Å². The van der Waals surface area contributed by atoms with Gasteiger partial charge in [-0.3, -0.25) is 9.48 Å². The summed E-state index contributed by atoms with van der Waals surface area (Å²) in [5.74, 6) is 1.17. The zero-order valence-electron chi connectivity index (χ0n) is 18.3. The molecule has 0 aliphatic heterocycles. The van der Waals surface area contributed by atoms with Crippen molar-refractivity contribution in [3.63, 3.8) is 0 Å². The second-order valence-electron chi connectivity index (χ2n) is 7.37. The van der Waals surface area contributed by atoms with E-state index in [1.807, 2.05) is 64.8 Å². The number of hydrogen-bond acceptors (Lipinski definition) is 5. The molecule has 0 aliphatic rings. The van der Waals surface area contributed by atoms with E-state index < -0.39 is 0 Å². The minimum absolute atomic E-state index is 0.0995. The molecule has 2 aromatic carbocycles. The van der Waals surface area contributed by atoms with Crippen LogP contribution in [0.25, 0.3) is 10.6 Å². The van der Waals surface area contributed by atoms with Crippen LogP contribution in [0.15, 0.2) is 72.2 Å². The second-order valence-corrected chi connectivity index (χ2v) is 8.31. The maximum Gasteiger partial charge on any atom is 0.257 e. The number of amides is 1. The highest BCUT2D eigenvalue weighted by Gasteiger charge is 2.23. The molecule has 0 fully saturated rings. The number of benzene rings is 2. The SMILES string of the molecule is COc1cccc(CN(C)C(=O)c2cn(Cc3ccccc3)nc2-c2cccs2)c1OC. The van der Waals surface area contributed by atoms with Crippen LogP contribution in [0.1, 0.15) is 21.5 Å². The molecule has 0 spiro atoms. The fraction of sp³-hybridized carbons (Fsp3) is 0.200. The standard InChI is InChI=1S/C25H25N3O3S/c1-27(16-19-11-7-12-21(30-2)24(19)31-3)25(29)20-17-28(15-18-9-5-4-6-10-18)26-23(20)22-13-8-14-32-22/h4-14,17H,15-16H2,1-3H3. The number of nitrogens with zero attached hydrogens (tertiary/aromatic N) is 3. The average molecular weight is 448 g/mol. The summed E-state index contributed by atoms with van der Waals surface area (Å²) in [4.78, 5) is 16.1. The van der Waals surface area contributed by atoms with E-state index in [-0.39, 0.29) is 5.91 Å². The van der Waals surface area contributed by atoms with Gasteiger partial charge in [-0.15, -0.1) is 11.3 Å². The first-order valence-corrected chi connectivity index (χ1v) is 11.1.